The lowest BCUT2D eigenvalue weighted by molar-refractivity contribution is -0.384. The highest BCUT2D eigenvalue weighted by molar-refractivity contribution is 6.33. The predicted octanol–water partition coefficient (Wildman–Crippen LogP) is 2.80. The number of anilines is 1. The van der Waals surface area contributed by atoms with Gasteiger partial charge in [-0.1, -0.05) is 17.7 Å². The molecule has 0 amide bonds. The summed E-state index contributed by atoms with van der Waals surface area (Å²) in [6, 6.07) is 5.37. The highest BCUT2D eigenvalue weighted by Crippen LogP contribution is 2.33. The number of halogens is 1. The molecule has 6 heteroatoms. The molecule has 1 aliphatic rings. The van der Waals surface area contributed by atoms with E-state index < -0.39 is 4.92 Å². The second-order valence-corrected chi connectivity index (χ2v) is 5.02. The van der Waals surface area contributed by atoms with Gasteiger partial charge < -0.3 is 10.6 Å². The van der Waals surface area contributed by atoms with Crippen LogP contribution in [-0.4, -0.2) is 23.6 Å². The number of hydrogen-bond donors (Lipinski definition) is 2. The summed E-state index contributed by atoms with van der Waals surface area (Å²) in [5.74, 6) is 0. The van der Waals surface area contributed by atoms with Crippen molar-refractivity contribution in [3.8, 4) is 0 Å². The monoisotopic (exact) mass is 269 g/mol. The average molecular weight is 270 g/mol. The lowest BCUT2D eigenvalue weighted by atomic mass is 10.0. The van der Waals surface area contributed by atoms with Crippen molar-refractivity contribution in [2.24, 2.45) is 0 Å². The Labute approximate surface area is 111 Å². The zero-order chi connectivity index (χ0) is 13.1. The Bertz CT molecular complexity index is 453. The molecule has 18 heavy (non-hydrogen) atoms. The van der Waals surface area contributed by atoms with Crippen molar-refractivity contribution in [2.75, 3.05) is 11.9 Å². The number of nitrogens with one attached hydrogen (secondary N) is 2. The van der Waals surface area contributed by atoms with Gasteiger partial charge >= 0.3 is 0 Å². The van der Waals surface area contributed by atoms with E-state index in [9.17, 15) is 10.1 Å². The average Bonchev–Trinajstić information content (AvgIpc) is 2.31. The summed E-state index contributed by atoms with van der Waals surface area (Å²) >= 11 is 6.05. The molecule has 2 rings (SSSR count). The highest BCUT2D eigenvalue weighted by Gasteiger charge is 2.23. The van der Waals surface area contributed by atoms with Gasteiger partial charge in [0.1, 0.15) is 5.69 Å². The van der Waals surface area contributed by atoms with Gasteiger partial charge in [-0.15, -0.1) is 0 Å². The molecule has 98 valence electrons. The molecule has 1 aliphatic heterocycles. The molecule has 1 aromatic carbocycles. The molecule has 1 fully saturated rings. The molecule has 0 aromatic heterocycles. The first-order valence-corrected chi connectivity index (χ1v) is 6.38. The van der Waals surface area contributed by atoms with Crippen molar-refractivity contribution >= 4 is 23.0 Å². The first-order chi connectivity index (χ1) is 8.58. The van der Waals surface area contributed by atoms with Crippen LogP contribution in [0.5, 0.6) is 0 Å². The molecule has 2 unspecified atom stereocenters. The molecular formula is C12H16ClN3O2. The second-order valence-electron chi connectivity index (χ2n) is 4.61. The summed E-state index contributed by atoms with van der Waals surface area (Å²) in [7, 11) is 0. The maximum Gasteiger partial charge on any atom is 0.293 e. The largest absolute Gasteiger partial charge is 0.375 e. The molecule has 0 radical (unpaired) electrons. The third-order valence-electron chi connectivity index (χ3n) is 3.16. The third-order valence-corrected chi connectivity index (χ3v) is 3.48. The van der Waals surface area contributed by atoms with Gasteiger partial charge in [-0.3, -0.25) is 10.1 Å². The van der Waals surface area contributed by atoms with E-state index in [1.165, 1.54) is 6.07 Å². The minimum absolute atomic E-state index is 0.0358. The molecule has 5 nitrogen and oxygen atoms in total. The predicted molar refractivity (Wildman–Crippen MR) is 72.2 cm³/mol. The SMILES string of the molecule is CC1CC(Nc2c(Cl)cccc2[N+](=O)[O-])CCN1. The zero-order valence-corrected chi connectivity index (χ0v) is 10.9. The van der Waals surface area contributed by atoms with Gasteiger partial charge in [0, 0.05) is 18.2 Å². The van der Waals surface area contributed by atoms with Crippen LogP contribution in [0.1, 0.15) is 19.8 Å². The summed E-state index contributed by atoms with van der Waals surface area (Å²) in [5, 5.41) is 17.9. The van der Waals surface area contributed by atoms with E-state index in [-0.39, 0.29) is 11.7 Å². The first kappa shape index (κ1) is 13.1. The molecule has 1 heterocycles. The van der Waals surface area contributed by atoms with Crippen LogP contribution in [0.15, 0.2) is 18.2 Å². The number of rotatable bonds is 3. The van der Waals surface area contributed by atoms with Crippen molar-refractivity contribution in [2.45, 2.75) is 31.8 Å². The van der Waals surface area contributed by atoms with Gasteiger partial charge in [0.25, 0.3) is 5.69 Å². The lowest BCUT2D eigenvalue weighted by Gasteiger charge is -2.29. The van der Waals surface area contributed by atoms with Crippen molar-refractivity contribution < 1.29 is 4.92 Å². The van der Waals surface area contributed by atoms with Gasteiger partial charge in [-0.25, -0.2) is 0 Å². The fourth-order valence-electron chi connectivity index (χ4n) is 2.27. The second kappa shape index (κ2) is 5.54. The standard InChI is InChI=1S/C12H16ClN3O2/c1-8-7-9(5-6-14-8)15-12-10(13)3-2-4-11(12)16(17)18/h2-4,8-9,14-15H,5-7H2,1H3. The minimum atomic E-state index is -0.404. The Hall–Kier alpha value is -1.33. The van der Waals surface area contributed by atoms with E-state index in [0.717, 1.165) is 19.4 Å². The van der Waals surface area contributed by atoms with Gasteiger partial charge in [0.2, 0.25) is 0 Å². The van der Waals surface area contributed by atoms with Crippen LogP contribution in [-0.2, 0) is 0 Å². The number of nitro groups is 1. The fraction of sp³-hybridized carbons (Fsp3) is 0.500. The van der Waals surface area contributed by atoms with E-state index in [0.29, 0.717) is 16.8 Å². The summed E-state index contributed by atoms with van der Waals surface area (Å²) < 4.78 is 0. The normalized spacial score (nSPS) is 23.7. The van der Waals surface area contributed by atoms with Crippen molar-refractivity contribution in [3.63, 3.8) is 0 Å². The van der Waals surface area contributed by atoms with E-state index in [1.807, 2.05) is 0 Å². The van der Waals surface area contributed by atoms with Gasteiger partial charge in [0.15, 0.2) is 0 Å². The molecule has 1 aromatic rings. The fourth-order valence-corrected chi connectivity index (χ4v) is 2.50. The van der Waals surface area contributed by atoms with E-state index in [2.05, 4.69) is 17.6 Å². The Kier molecular flexibility index (Phi) is 4.04. The molecule has 2 N–H and O–H groups in total. The Morgan fingerprint density at radius 2 is 2.33 bits per heavy atom. The molecule has 0 bridgehead atoms. The van der Waals surface area contributed by atoms with Crippen molar-refractivity contribution in [1.82, 2.24) is 5.32 Å². The van der Waals surface area contributed by atoms with Gasteiger partial charge in [0.05, 0.1) is 9.95 Å². The van der Waals surface area contributed by atoms with Crippen LogP contribution in [0.4, 0.5) is 11.4 Å². The number of nitrogens with zero attached hydrogens (tertiary/aromatic N) is 1. The number of para-hydroxylation sites is 1. The summed E-state index contributed by atoms with van der Waals surface area (Å²) in [6.45, 7) is 3.02. The maximum absolute atomic E-state index is 11.0. The zero-order valence-electron chi connectivity index (χ0n) is 10.1. The van der Waals surface area contributed by atoms with Crippen molar-refractivity contribution in [3.05, 3.63) is 33.3 Å². The van der Waals surface area contributed by atoms with Crippen LogP contribution in [0.25, 0.3) is 0 Å². The quantitative estimate of drug-likeness (QED) is 0.654. The summed E-state index contributed by atoms with van der Waals surface area (Å²) in [6.07, 6.45) is 1.87. The number of piperidine rings is 1. The first-order valence-electron chi connectivity index (χ1n) is 6.00. The third kappa shape index (κ3) is 2.91. The van der Waals surface area contributed by atoms with E-state index in [4.69, 9.17) is 11.6 Å². The van der Waals surface area contributed by atoms with Crippen LogP contribution in [0, 0.1) is 10.1 Å². The molecule has 0 saturated carbocycles. The Morgan fingerprint density at radius 3 is 3.00 bits per heavy atom. The molecule has 2 atom stereocenters. The van der Waals surface area contributed by atoms with E-state index >= 15 is 0 Å². The summed E-state index contributed by atoms with van der Waals surface area (Å²) in [4.78, 5) is 10.6. The van der Waals surface area contributed by atoms with Crippen LogP contribution in [0.3, 0.4) is 0 Å². The molecular weight excluding hydrogens is 254 g/mol. The van der Waals surface area contributed by atoms with Gasteiger partial charge in [-0.05, 0) is 32.4 Å². The number of benzene rings is 1. The summed E-state index contributed by atoms with van der Waals surface area (Å²) in [5.41, 5.74) is 0.469. The van der Waals surface area contributed by atoms with Crippen molar-refractivity contribution in [1.29, 1.82) is 0 Å². The highest BCUT2D eigenvalue weighted by atomic mass is 35.5. The van der Waals surface area contributed by atoms with Gasteiger partial charge in [-0.2, -0.15) is 0 Å². The Balaban J connectivity index is 2.20. The number of hydrogen-bond acceptors (Lipinski definition) is 4. The smallest absolute Gasteiger partial charge is 0.293 e. The molecule has 1 saturated heterocycles. The topological polar surface area (TPSA) is 67.2 Å². The van der Waals surface area contributed by atoms with Crippen LogP contribution >= 0.6 is 11.6 Å². The van der Waals surface area contributed by atoms with E-state index in [1.54, 1.807) is 12.1 Å². The molecule has 0 aliphatic carbocycles. The minimum Gasteiger partial charge on any atom is -0.375 e. The van der Waals surface area contributed by atoms with Crippen LogP contribution < -0.4 is 10.6 Å². The molecule has 0 spiro atoms. The lowest BCUT2D eigenvalue weighted by Crippen LogP contribution is -2.41. The maximum atomic E-state index is 11.0. The van der Waals surface area contributed by atoms with Crippen LogP contribution in [0.2, 0.25) is 5.02 Å². The number of nitro benzene ring substituents is 1. The Morgan fingerprint density at radius 1 is 1.56 bits per heavy atom.